The van der Waals surface area contributed by atoms with Crippen LogP contribution in [-0.4, -0.2) is 47.2 Å². The zero-order valence-electron chi connectivity index (χ0n) is 12.1. The number of carbonyl (C=O) groups excluding carboxylic acids is 1. The smallest absolute Gasteiger partial charge is 0.445 e. The maximum Gasteiger partial charge on any atom is 0.445 e. The third kappa shape index (κ3) is 3.16. The second-order valence-corrected chi connectivity index (χ2v) is 6.01. The minimum absolute atomic E-state index is 0.135. The Morgan fingerprint density at radius 1 is 1.26 bits per heavy atom. The van der Waals surface area contributed by atoms with Crippen LogP contribution in [0.2, 0.25) is 0 Å². The van der Waals surface area contributed by atoms with Gasteiger partial charge in [0.1, 0.15) is 5.76 Å². The molecule has 10 heteroatoms. The fourth-order valence-electron chi connectivity index (χ4n) is 2.34. The first-order valence-electron chi connectivity index (χ1n) is 6.85. The van der Waals surface area contributed by atoms with Gasteiger partial charge < -0.3 is 14.2 Å². The summed E-state index contributed by atoms with van der Waals surface area (Å²) in [5.41, 5.74) is 0.508. The minimum Gasteiger partial charge on any atom is -0.469 e. The molecule has 1 saturated heterocycles. The number of nitrogens with zero attached hydrogens (tertiary/aromatic N) is 4. The molecule has 0 saturated carbocycles. The van der Waals surface area contributed by atoms with Crippen molar-refractivity contribution in [2.24, 2.45) is 0 Å². The highest BCUT2D eigenvalue weighted by atomic mass is 32.1. The van der Waals surface area contributed by atoms with E-state index >= 15 is 0 Å². The first-order chi connectivity index (χ1) is 10.9. The van der Waals surface area contributed by atoms with Crippen molar-refractivity contribution in [2.45, 2.75) is 13.1 Å². The second-order valence-electron chi connectivity index (χ2n) is 5.06. The number of anilines is 1. The maximum absolute atomic E-state index is 12.6. The van der Waals surface area contributed by atoms with Crippen LogP contribution in [0.4, 0.5) is 18.3 Å². The molecule has 0 unspecified atom stereocenters. The predicted molar refractivity (Wildman–Crippen MR) is 76.5 cm³/mol. The molecule has 3 rings (SSSR count). The molecule has 1 aliphatic heterocycles. The normalized spacial score (nSPS) is 16.0. The first kappa shape index (κ1) is 15.8. The summed E-state index contributed by atoms with van der Waals surface area (Å²) in [6.45, 7) is 3.35. The van der Waals surface area contributed by atoms with E-state index in [1.807, 2.05) is 0 Å². The number of rotatable bonds is 2. The van der Waals surface area contributed by atoms with Gasteiger partial charge in [0.25, 0.3) is 5.91 Å². The fourth-order valence-corrected chi connectivity index (χ4v) is 3.10. The van der Waals surface area contributed by atoms with E-state index in [0.29, 0.717) is 48.8 Å². The molecule has 1 amide bonds. The van der Waals surface area contributed by atoms with E-state index in [1.165, 1.54) is 6.26 Å². The lowest BCUT2D eigenvalue weighted by molar-refractivity contribution is -0.138. The van der Waals surface area contributed by atoms with Gasteiger partial charge in [-0.05, 0) is 13.0 Å². The first-order valence-corrected chi connectivity index (χ1v) is 7.67. The number of furan rings is 1. The number of amides is 1. The summed E-state index contributed by atoms with van der Waals surface area (Å²) in [5, 5.41) is 6.04. The van der Waals surface area contributed by atoms with Gasteiger partial charge in [-0.3, -0.25) is 4.79 Å². The van der Waals surface area contributed by atoms with Crippen LogP contribution in [0.3, 0.4) is 0 Å². The van der Waals surface area contributed by atoms with Crippen molar-refractivity contribution in [1.82, 2.24) is 15.1 Å². The summed E-state index contributed by atoms with van der Waals surface area (Å²) < 4.78 is 42.8. The summed E-state index contributed by atoms with van der Waals surface area (Å²) in [7, 11) is 0. The number of hydrogen-bond acceptors (Lipinski definition) is 6. The van der Waals surface area contributed by atoms with Gasteiger partial charge in [-0.2, -0.15) is 13.2 Å². The Bertz CT molecular complexity index is 704. The topological polar surface area (TPSA) is 62.5 Å². The number of aryl methyl sites for hydroxylation is 1. The Hall–Kier alpha value is -2.10. The molecule has 0 bridgehead atoms. The Kier molecular flexibility index (Phi) is 4.00. The molecule has 23 heavy (non-hydrogen) atoms. The third-order valence-electron chi connectivity index (χ3n) is 3.58. The highest BCUT2D eigenvalue weighted by molar-refractivity contribution is 7.15. The van der Waals surface area contributed by atoms with Gasteiger partial charge in [0.2, 0.25) is 10.1 Å². The van der Waals surface area contributed by atoms with Crippen molar-refractivity contribution in [3.63, 3.8) is 0 Å². The van der Waals surface area contributed by atoms with Gasteiger partial charge in [-0.15, -0.1) is 10.2 Å². The van der Waals surface area contributed by atoms with Crippen molar-refractivity contribution in [2.75, 3.05) is 31.1 Å². The molecular weight excluding hydrogens is 333 g/mol. The van der Waals surface area contributed by atoms with Crippen molar-refractivity contribution in [1.29, 1.82) is 0 Å². The van der Waals surface area contributed by atoms with E-state index in [4.69, 9.17) is 4.42 Å². The van der Waals surface area contributed by atoms with Gasteiger partial charge in [-0.1, -0.05) is 11.3 Å². The molecule has 2 aromatic rings. The van der Waals surface area contributed by atoms with Gasteiger partial charge in [-0.25, -0.2) is 0 Å². The van der Waals surface area contributed by atoms with Crippen LogP contribution in [0, 0.1) is 6.92 Å². The maximum atomic E-state index is 12.6. The zero-order valence-corrected chi connectivity index (χ0v) is 12.9. The van der Waals surface area contributed by atoms with E-state index in [9.17, 15) is 18.0 Å². The number of piperazine rings is 1. The minimum atomic E-state index is -4.48. The van der Waals surface area contributed by atoms with Crippen molar-refractivity contribution in [3.8, 4) is 0 Å². The van der Waals surface area contributed by atoms with Crippen molar-refractivity contribution >= 4 is 22.4 Å². The van der Waals surface area contributed by atoms with E-state index in [2.05, 4.69) is 10.2 Å². The summed E-state index contributed by atoms with van der Waals surface area (Å²) in [5.74, 6) is 0.417. The number of alkyl halides is 3. The number of halogens is 3. The molecule has 0 atom stereocenters. The fraction of sp³-hybridized carbons (Fsp3) is 0.462. The lowest BCUT2D eigenvalue weighted by atomic mass is 10.2. The van der Waals surface area contributed by atoms with Crippen LogP contribution in [0.25, 0.3) is 0 Å². The van der Waals surface area contributed by atoms with Gasteiger partial charge in [0, 0.05) is 26.2 Å². The van der Waals surface area contributed by atoms with E-state index < -0.39 is 11.2 Å². The Balaban J connectivity index is 1.63. The van der Waals surface area contributed by atoms with Crippen LogP contribution in [0.5, 0.6) is 0 Å². The molecule has 124 valence electrons. The summed E-state index contributed by atoms with van der Waals surface area (Å²) in [6, 6.07) is 1.62. The van der Waals surface area contributed by atoms with Gasteiger partial charge in [0.05, 0.1) is 11.8 Å². The Morgan fingerprint density at radius 2 is 1.96 bits per heavy atom. The van der Waals surface area contributed by atoms with Crippen LogP contribution in [-0.2, 0) is 6.18 Å². The SMILES string of the molecule is Cc1occc1C(=O)N1CCN(c2nnc(C(F)(F)F)s2)CC1. The third-order valence-corrected chi connectivity index (χ3v) is 4.61. The molecule has 0 aliphatic carbocycles. The Morgan fingerprint density at radius 3 is 2.48 bits per heavy atom. The van der Waals surface area contributed by atoms with Crippen LogP contribution >= 0.6 is 11.3 Å². The van der Waals surface area contributed by atoms with Crippen molar-refractivity contribution < 1.29 is 22.4 Å². The number of aromatic nitrogens is 2. The molecule has 1 fully saturated rings. The summed E-state index contributed by atoms with van der Waals surface area (Å²) >= 11 is 0.516. The molecular formula is C13H13F3N4O2S. The quantitative estimate of drug-likeness (QED) is 0.836. The largest absolute Gasteiger partial charge is 0.469 e. The molecule has 0 radical (unpaired) electrons. The summed E-state index contributed by atoms with van der Waals surface area (Å²) in [4.78, 5) is 15.7. The van der Waals surface area contributed by atoms with Gasteiger partial charge in [0.15, 0.2) is 0 Å². The Labute approximate surface area is 133 Å². The standard InChI is InChI=1S/C13H13F3N4O2S/c1-8-9(2-7-22-8)10(21)19-3-5-20(6-4-19)12-18-17-11(23-12)13(14,15)16/h2,7H,3-6H2,1H3. The highest BCUT2D eigenvalue weighted by Crippen LogP contribution is 2.34. The molecule has 3 heterocycles. The van der Waals surface area contributed by atoms with E-state index in [-0.39, 0.29) is 11.0 Å². The van der Waals surface area contributed by atoms with Gasteiger partial charge >= 0.3 is 6.18 Å². The average molecular weight is 346 g/mol. The van der Waals surface area contributed by atoms with E-state index in [1.54, 1.807) is 22.8 Å². The molecule has 0 N–H and O–H groups in total. The van der Waals surface area contributed by atoms with Crippen LogP contribution in [0.1, 0.15) is 21.1 Å². The molecule has 2 aromatic heterocycles. The summed E-state index contributed by atoms with van der Waals surface area (Å²) in [6.07, 6.45) is -3.02. The molecule has 1 aliphatic rings. The number of carbonyl (C=O) groups is 1. The molecule has 0 aromatic carbocycles. The molecule has 0 spiro atoms. The monoisotopic (exact) mass is 346 g/mol. The predicted octanol–water partition coefficient (Wildman–Crippen LogP) is 2.42. The lowest BCUT2D eigenvalue weighted by Crippen LogP contribution is -2.48. The molecule has 6 nitrogen and oxygen atoms in total. The lowest BCUT2D eigenvalue weighted by Gasteiger charge is -2.34. The van der Waals surface area contributed by atoms with Crippen LogP contribution in [0.15, 0.2) is 16.7 Å². The number of hydrogen-bond donors (Lipinski definition) is 0. The van der Waals surface area contributed by atoms with E-state index in [0.717, 1.165) is 0 Å². The second kappa shape index (κ2) is 5.84. The van der Waals surface area contributed by atoms with Crippen molar-refractivity contribution in [3.05, 3.63) is 28.7 Å². The average Bonchev–Trinajstić information content (AvgIpc) is 3.15. The zero-order chi connectivity index (χ0) is 16.6. The van der Waals surface area contributed by atoms with Crippen LogP contribution < -0.4 is 4.90 Å². The highest BCUT2D eigenvalue weighted by Gasteiger charge is 2.36.